The van der Waals surface area contributed by atoms with Gasteiger partial charge in [-0.1, -0.05) is 6.58 Å². The smallest absolute Gasteiger partial charge is 0.255 e. The van der Waals surface area contributed by atoms with Gasteiger partial charge in [0.25, 0.3) is 5.88 Å². The second kappa shape index (κ2) is 13.4. The molecule has 2 fully saturated rings. The third kappa shape index (κ3) is 7.26. The molecule has 2 N–H and O–H groups in total. The van der Waals surface area contributed by atoms with Crippen molar-refractivity contribution in [2.24, 2.45) is 0 Å². The number of piperidine rings is 2. The molecule has 3 heterocycles. The molecule has 0 aliphatic carbocycles. The maximum absolute atomic E-state index is 14.6. The Labute approximate surface area is 237 Å². The number of amides is 1. The molecule has 0 saturated carbocycles. The summed E-state index contributed by atoms with van der Waals surface area (Å²) in [5, 5.41) is 5.98. The van der Waals surface area contributed by atoms with Crippen molar-refractivity contribution in [2.75, 3.05) is 69.2 Å². The second-order valence-electron chi connectivity index (χ2n) is 10.1. The van der Waals surface area contributed by atoms with E-state index in [9.17, 15) is 13.4 Å². The van der Waals surface area contributed by atoms with E-state index in [-0.39, 0.29) is 23.8 Å². The number of carbonyl (C=O) groups excluding carboxylic acids is 1. The molecule has 2 aromatic rings. The highest BCUT2D eigenvalue weighted by Gasteiger charge is 2.26. The van der Waals surface area contributed by atoms with E-state index in [4.69, 9.17) is 9.47 Å². The molecule has 4 rings (SSSR count). The van der Waals surface area contributed by atoms with Crippen LogP contribution in [0.5, 0.6) is 11.6 Å². The van der Waals surface area contributed by atoms with Gasteiger partial charge in [-0.3, -0.25) is 4.79 Å². The van der Waals surface area contributed by atoms with E-state index >= 15 is 0 Å². The Balaban J connectivity index is 1.58. The number of anilines is 4. The van der Waals surface area contributed by atoms with Gasteiger partial charge in [0.1, 0.15) is 11.9 Å². The number of carbonyl (C=O) groups is 1. The highest BCUT2D eigenvalue weighted by atomic mass is 32.2. The molecule has 13 heteroatoms. The number of ether oxygens (including phenoxy) is 2. The summed E-state index contributed by atoms with van der Waals surface area (Å²) >= 11 is 0. The van der Waals surface area contributed by atoms with Gasteiger partial charge >= 0.3 is 0 Å². The number of hydrogen-bond acceptors (Lipinski definition) is 9. The SMILES string of the molecule is C=CC(=O)Nc1cc(Nc2ncc(F)c(OC3CCCN(S(C)=O)C3)n2)c(OC)cc1N1CCC(N(C)C)CC1. The number of rotatable bonds is 10. The van der Waals surface area contributed by atoms with Crippen LogP contribution in [0.1, 0.15) is 25.7 Å². The summed E-state index contributed by atoms with van der Waals surface area (Å²) in [5.41, 5.74) is 1.88. The zero-order valence-corrected chi connectivity index (χ0v) is 24.3. The zero-order valence-electron chi connectivity index (χ0n) is 23.5. The average Bonchev–Trinajstić information content (AvgIpc) is 2.95. The van der Waals surface area contributed by atoms with Gasteiger partial charge in [-0.15, -0.1) is 0 Å². The zero-order chi connectivity index (χ0) is 28.8. The normalized spacial score (nSPS) is 19.2. The fraction of sp³-hybridized carbons (Fsp3) is 0.519. The van der Waals surface area contributed by atoms with Crippen molar-refractivity contribution < 1.29 is 22.9 Å². The number of hydrogen-bond donors (Lipinski definition) is 2. The van der Waals surface area contributed by atoms with Crippen molar-refractivity contribution in [1.82, 2.24) is 19.2 Å². The molecule has 2 unspecified atom stereocenters. The first-order chi connectivity index (χ1) is 19.2. The van der Waals surface area contributed by atoms with Crippen molar-refractivity contribution in [3.8, 4) is 11.6 Å². The lowest BCUT2D eigenvalue weighted by Gasteiger charge is -2.37. The monoisotopic (exact) mass is 575 g/mol. The van der Waals surface area contributed by atoms with Crippen molar-refractivity contribution in [3.63, 3.8) is 0 Å². The van der Waals surface area contributed by atoms with Crippen molar-refractivity contribution >= 4 is 39.9 Å². The molecule has 2 aliphatic rings. The van der Waals surface area contributed by atoms with Crippen molar-refractivity contribution in [2.45, 2.75) is 37.8 Å². The number of nitrogens with zero attached hydrogens (tertiary/aromatic N) is 5. The standard InChI is InChI=1S/C27H38FN7O4S/c1-6-25(36)30-21-14-22(24(38-4)15-23(21)34-12-9-18(10-13-34)33(2)3)31-27-29-16-20(28)26(32-27)39-19-8-7-11-35(17-19)40(5)37/h6,14-16,18-19H,1,7-13,17H2,2-5H3,(H,30,36)(H,29,31,32). The van der Waals surface area contributed by atoms with Crippen LogP contribution in [0.25, 0.3) is 0 Å². The number of aromatic nitrogens is 2. The summed E-state index contributed by atoms with van der Waals surface area (Å²) < 4.78 is 39.8. The second-order valence-corrected chi connectivity index (χ2v) is 11.5. The van der Waals surface area contributed by atoms with E-state index < -0.39 is 16.8 Å². The third-order valence-electron chi connectivity index (χ3n) is 7.24. The fourth-order valence-corrected chi connectivity index (χ4v) is 5.77. The largest absolute Gasteiger partial charge is 0.494 e. The summed E-state index contributed by atoms with van der Waals surface area (Å²) in [6.07, 6.45) is 7.00. The summed E-state index contributed by atoms with van der Waals surface area (Å²) in [6, 6.07) is 4.11. The summed E-state index contributed by atoms with van der Waals surface area (Å²) in [7, 11) is 4.60. The van der Waals surface area contributed by atoms with Crippen LogP contribution >= 0.6 is 0 Å². The molecular weight excluding hydrogens is 537 g/mol. The summed E-state index contributed by atoms with van der Waals surface area (Å²) in [6.45, 7) is 6.34. The molecule has 1 amide bonds. The molecule has 2 atom stereocenters. The van der Waals surface area contributed by atoms with E-state index in [1.165, 1.54) is 6.08 Å². The molecule has 2 saturated heterocycles. The highest BCUT2D eigenvalue weighted by molar-refractivity contribution is 7.81. The maximum Gasteiger partial charge on any atom is 0.255 e. The Kier molecular flexibility index (Phi) is 9.93. The summed E-state index contributed by atoms with van der Waals surface area (Å²) in [4.78, 5) is 25.1. The van der Waals surface area contributed by atoms with Gasteiger partial charge in [0, 0.05) is 44.5 Å². The molecule has 0 radical (unpaired) electrons. The predicted octanol–water partition coefficient (Wildman–Crippen LogP) is 3.16. The lowest BCUT2D eigenvalue weighted by molar-refractivity contribution is -0.111. The van der Waals surface area contributed by atoms with E-state index in [0.29, 0.717) is 42.7 Å². The molecule has 40 heavy (non-hydrogen) atoms. The average molecular weight is 576 g/mol. The Morgan fingerprint density at radius 1 is 1.23 bits per heavy atom. The van der Waals surface area contributed by atoms with Gasteiger partial charge in [-0.05, 0) is 51.9 Å². The van der Waals surface area contributed by atoms with Gasteiger partial charge in [0.15, 0.2) is 0 Å². The topological polar surface area (TPSA) is 112 Å². The third-order valence-corrected chi connectivity index (χ3v) is 8.30. The first-order valence-electron chi connectivity index (χ1n) is 13.3. The molecule has 218 valence electrons. The molecule has 2 aliphatic heterocycles. The first kappa shape index (κ1) is 29.7. The number of halogens is 1. The lowest BCUT2D eigenvalue weighted by Crippen LogP contribution is -2.42. The first-order valence-corrected chi connectivity index (χ1v) is 14.8. The Morgan fingerprint density at radius 3 is 2.62 bits per heavy atom. The van der Waals surface area contributed by atoms with Gasteiger partial charge in [0.05, 0.1) is 41.4 Å². The van der Waals surface area contributed by atoms with Crippen molar-refractivity contribution in [3.05, 3.63) is 36.8 Å². The Hall–Kier alpha value is -3.29. The number of nitrogens with one attached hydrogen (secondary N) is 2. The van der Waals surface area contributed by atoms with Crippen LogP contribution in [0.2, 0.25) is 0 Å². The molecule has 1 aromatic heterocycles. The number of methoxy groups -OCH3 is 1. The molecule has 0 bridgehead atoms. The minimum atomic E-state index is -1.13. The van der Waals surface area contributed by atoms with Crippen LogP contribution in [0.3, 0.4) is 0 Å². The van der Waals surface area contributed by atoms with Crippen LogP contribution in [-0.2, 0) is 15.8 Å². The van der Waals surface area contributed by atoms with Crippen LogP contribution in [0.4, 0.5) is 27.4 Å². The molecule has 11 nitrogen and oxygen atoms in total. The van der Waals surface area contributed by atoms with E-state index in [1.54, 1.807) is 23.7 Å². The van der Waals surface area contributed by atoms with Crippen molar-refractivity contribution in [1.29, 1.82) is 0 Å². The van der Waals surface area contributed by atoms with Gasteiger partial charge in [-0.25, -0.2) is 13.5 Å². The van der Waals surface area contributed by atoms with E-state index in [0.717, 1.165) is 44.2 Å². The quantitative estimate of drug-likeness (QED) is 0.413. The highest BCUT2D eigenvalue weighted by Crippen LogP contribution is 2.39. The number of benzene rings is 1. The van der Waals surface area contributed by atoms with E-state index in [1.807, 2.05) is 6.07 Å². The maximum atomic E-state index is 14.6. The van der Waals surface area contributed by atoms with Gasteiger partial charge < -0.3 is 29.9 Å². The fourth-order valence-electron chi connectivity index (χ4n) is 5.01. The Morgan fingerprint density at radius 2 is 1.98 bits per heavy atom. The predicted molar refractivity (Wildman–Crippen MR) is 155 cm³/mol. The minimum absolute atomic E-state index is 0.0991. The lowest BCUT2D eigenvalue weighted by atomic mass is 10.0. The molecule has 0 spiro atoms. The molecule has 1 aromatic carbocycles. The minimum Gasteiger partial charge on any atom is -0.494 e. The van der Waals surface area contributed by atoms with Crippen LogP contribution in [-0.4, -0.2) is 95.1 Å². The van der Waals surface area contributed by atoms with Crippen LogP contribution in [0, 0.1) is 5.82 Å². The van der Waals surface area contributed by atoms with Crippen LogP contribution < -0.4 is 25.0 Å². The summed E-state index contributed by atoms with van der Waals surface area (Å²) in [5.74, 6) is -0.621. The van der Waals surface area contributed by atoms with Crippen LogP contribution in [0.15, 0.2) is 31.0 Å². The van der Waals surface area contributed by atoms with Gasteiger partial charge in [0.2, 0.25) is 17.7 Å². The molecular formula is C27H38FN7O4S. The van der Waals surface area contributed by atoms with E-state index in [2.05, 4.69) is 51.1 Å². The Bertz CT molecular complexity index is 1240. The van der Waals surface area contributed by atoms with Gasteiger partial charge in [-0.2, -0.15) is 9.37 Å².